The second-order valence-corrected chi connectivity index (χ2v) is 5.31. The van der Waals surface area contributed by atoms with Gasteiger partial charge in [-0.2, -0.15) is 0 Å². The zero-order chi connectivity index (χ0) is 15.6. The summed E-state index contributed by atoms with van der Waals surface area (Å²) in [4.78, 5) is 4.07. The average molecular weight is 347 g/mol. The molecule has 1 aromatic carbocycles. The minimum atomic E-state index is -0.119. The smallest absolute Gasteiger partial charge is 0.230 e. The van der Waals surface area contributed by atoms with E-state index in [4.69, 9.17) is 50.5 Å². The van der Waals surface area contributed by atoms with Gasteiger partial charge in [0.05, 0.1) is 20.6 Å². The van der Waals surface area contributed by atoms with Crippen LogP contribution in [0.2, 0.25) is 15.1 Å². The Kier molecular flexibility index (Phi) is 4.77. The third kappa shape index (κ3) is 3.32. The van der Waals surface area contributed by atoms with Crippen LogP contribution in [0.4, 0.5) is 0 Å². The molecular formula is C13H10Cl3N3O2. The van der Waals surface area contributed by atoms with Crippen molar-refractivity contribution >= 4 is 40.6 Å². The first-order valence-corrected chi connectivity index (χ1v) is 6.83. The van der Waals surface area contributed by atoms with Crippen molar-refractivity contribution in [2.45, 2.75) is 6.92 Å². The third-order valence-electron chi connectivity index (χ3n) is 2.67. The predicted molar refractivity (Wildman–Crippen MR) is 83.0 cm³/mol. The quantitative estimate of drug-likeness (QED) is 0.286. The van der Waals surface area contributed by atoms with Gasteiger partial charge in [0.2, 0.25) is 5.88 Å². The molecule has 21 heavy (non-hydrogen) atoms. The summed E-state index contributed by atoms with van der Waals surface area (Å²) in [5.41, 5.74) is 6.73. The Morgan fingerprint density at radius 3 is 2.57 bits per heavy atom. The highest BCUT2D eigenvalue weighted by Gasteiger charge is 2.16. The highest BCUT2D eigenvalue weighted by atomic mass is 35.5. The molecule has 1 heterocycles. The molecule has 0 aliphatic heterocycles. The topological polar surface area (TPSA) is 80.7 Å². The molecule has 0 bridgehead atoms. The third-order valence-corrected chi connectivity index (χ3v) is 3.69. The Hall–Kier alpha value is -1.69. The summed E-state index contributed by atoms with van der Waals surface area (Å²) in [5, 5.41) is 12.7. The summed E-state index contributed by atoms with van der Waals surface area (Å²) >= 11 is 17.8. The van der Waals surface area contributed by atoms with Gasteiger partial charge in [-0.15, -0.1) is 0 Å². The number of amidine groups is 1. The maximum absolute atomic E-state index is 8.85. The van der Waals surface area contributed by atoms with Crippen molar-refractivity contribution < 1.29 is 9.94 Å². The molecule has 0 aliphatic rings. The van der Waals surface area contributed by atoms with Crippen LogP contribution in [0.3, 0.4) is 0 Å². The number of hydrogen-bond acceptors (Lipinski definition) is 4. The lowest BCUT2D eigenvalue weighted by molar-refractivity contribution is 0.318. The number of nitrogens with two attached hydrogens (primary N) is 1. The van der Waals surface area contributed by atoms with Crippen molar-refractivity contribution in [2.75, 3.05) is 0 Å². The van der Waals surface area contributed by atoms with Crippen LogP contribution >= 0.6 is 34.8 Å². The molecule has 0 aliphatic carbocycles. The monoisotopic (exact) mass is 345 g/mol. The normalized spacial score (nSPS) is 11.5. The molecule has 8 heteroatoms. The van der Waals surface area contributed by atoms with E-state index in [9.17, 15) is 0 Å². The highest BCUT2D eigenvalue weighted by molar-refractivity contribution is 6.43. The van der Waals surface area contributed by atoms with Crippen molar-refractivity contribution in [3.63, 3.8) is 0 Å². The van der Waals surface area contributed by atoms with E-state index in [-0.39, 0.29) is 27.5 Å². The fourth-order valence-electron chi connectivity index (χ4n) is 1.66. The number of rotatable bonds is 3. The number of aromatic nitrogens is 1. The number of aryl methyl sites for hydroxylation is 1. The second kappa shape index (κ2) is 6.39. The molecule has 0 unspecified atom stereocenters. The summed E-state index contributed by atoms with van der Waals surface area (Å²) in [6.45, 7) is 1.78. The molecule has 110 valence electrons. The molecule has 0 amide bonds. The zero-order valence-electron chi connectivity index (χ0n) is 10.8. The van der Waals surface area contributed by atoms with Gasteiger partial charge in [0.15, 0.2) is 5.84 Å². The van der Waals surface area contributed by atoms with Gasteiger partial charge in [-0.1, -0.05) is 40.0 Å². The fourth-order valence-corrected chi connectivity index (χ4v) is 2.23. The lowest BCUT2D eigenvalue weighted by Gasteiger charge is -2.12. The first-order valence-electron chi connectivity index (χ1n) is 5.70. The lowest BCUT2D eigenvalue weighted by atomic mass is 10.1. The van der Waals surface area contributed by atoms with Crippen molar-refractivity contribution in [1.82, 2.24) is 4.98 Å². The van der Waals surface area contributed by atoms with Crippen LogP contribution in [0.15, 0.2) is 29.6 Å². The molecule has 2 rings (SSSR count). The van der Waals surface area contributed by atoms with Crippen LogP contribution in [-0.4, -0.2) is 16.0 Å². The molecule has 0 saturated carbocycles. The molecule has 0 radical (unpaired) electrons. The van der Waals surface area contributed by atoms with Crippen LogP contribution in [0, 0.1) is 6.92 Å². The minimum Gasteiger partial charge on any atom is -0.437 e. The van der Waals surface area contributed by atoms with Crippen LogP contribution in [0.25, 0.3) is 0 Å². The maximum atomic E-state index is 8.85. The van der Waals surface area contributed by atoms with Gasteiger partial charge < -0.3 is 15.7 Å². The summed E-state index contributed by atoms with van der Waals surface area (Å²) in [5.74, 6) is 0.286. The number of nitrogens with zero attached hydrogens (tertiary/aromatic N) is 2. The number of hydrogen-bond donors (Lipinski definition) is 2. The Morgan fingerprint density at radius 2 is 1.90 bits per heavy atom. The van der Waals surface area contributed by atoms with Gasteiger partial charge >= 0.3 is 0 Å². The van der Waals surface area contributed by atoms with E-state index in [1.165, 1.54) is 18.3 Å². The van der Waals surface area contributed by atoms with Crippen LogP contribution in [0.1, 0.15) is 11.1 Å². The number of oxime groups is 1. The van der Waals surface area contributed by atoms with Gasteiger partial charge in [0.25, 0.3) is 0 Å². The molecule has 2 aromatic rings. The van der Waals surface area contributed by atoms with Crippen LogP contribution in [-0.2, 0) is 0 Å². The van der Waals surface area contributed by atoms with Gasteiger partial charge in [0.1, 0.15) is 5.75 Å². The first-order chi connectivity index (χ1) is 9.93. The largest absolute Gasteiger partial charge is 0.437 e. The van der Waals surface area contributed by atoms with Crippen molar-refractivity contribution in [2.24, 2.45) is 10.9 Å². The lowest BCUT2D eigenvalue weighted by Crippen LogP contribution is -2.16. The van der Waals surface area contributed by atoms with E-state index in [0.717, 1.165) is 5.56 Å². The molecule has 1 aromatic heterocycles. The van der Waals surface area contributed by atoms with Crippen LogP contribution < -0.4 is 10.5 Å². The number of benzene rings is 1. The van der Waals surface area contributed by atoms with Crippen molar-refractivity contribution in [3.8, 4) is 11.6 Å². The summed E-state index contributed by atoms with van der Waals surface area (Å²) < 4.78 is 5.62. The van der Waals surface area contributed by atoms with Gasteiger partial charge in [-0.3, -0.25) is 0 Å². The molecule has 0 saturated heterocycles. The molecule has 3 N–H and O–H groups in total. The van der Waals surface area contributed by atoms with E-state index >= 15 is 0 Å². The first kappa shape index (κ1) is 15.7. The van der Waals surface area contributed by atoms with E-state index in [1.54, 1.807) is 13.0 Å². The molecule has 0 atom stereocenters. The van der Waals surface area contributed by atoms with Crippen molar-refractivity contribution in [1.29, 1.82) is 0 Å². The van der Waals surface area contributed by atoms with Gasteiger partial charge in [-0.05, 0) is 24.6 Å². The van der Waals surface area contributed by atoms with Gasteiger partial charge in [0, 0.05) is 12.3 Å². The maximum Gasteiger partial charge on any atom is 0.230 e. The summed E-state index contributed by atoms with van der Waals surface area (Å²) in [6, 6.07) is 4.63. The summed E-state index contributed by atoms with van der Waals surface area (Å²) in [6.07, 6.45) is 1.53. The van der Waals surface area contributed by atoms with E-state index < -0.39 is 0 Å². The minimum absolute atomic E-state index is 0.119. The average Bonchev–Trinajstić information content (AvgIpc) is 2.44. The predicted octanol–water partition coefficient (Wildman–Crippen LogP) is 4.24. The van der Waals surface area contributed by atoms with Crippen LogP contribution in [0.5, 0.6) is 11.6 Å². The number of ether oxygens (including phenoxy) is 1. The van der Waals surface area contributed by atoms with E-state index in [0.29, 0.717) is 10.6 Å². The SMILES string of the molecule is Cc1ccnc(Oc2cc(Cl)c(Cl)cc2Cl)c1/C(N)=N/O. The zero-order valence-corrected chi connectivity index (χ0v) is 13.0. The molecule has 5 nitrogen and oxygen atoms in total. The summed E-state index contributed by atoms with van der Waals surface area (Å²) in [7, 11) is 0. The molecule has 0 spiro atoms. The number of halogens is 3. The van der Waals surface area contributed by atoms with E-state index in [2.05, 4.69) is 10.1 Å². The molecular weight excluding hydrogens is 337 g/mol. The standard InChI is InChI=1S/C13H10Cl3N3O2/c1-6-2-3-18-13(11(6)12(17)19-20)21-10-5-8(15)7(14)4-9(10)16/h2-5,20H,1H3,(H2,17,19). The Balaban J connectivity index is 2.50. The van der Waals surface area contributed by atoms with Gasteiger partial charge in [-0.25, -0.2) is 4.98 Å². The Morgan fingerprint density at radius 1 is 1.24 bits per heavy atom. The highest BCUT2D eigenvalue weighted by Crippen LogP contribution is 2.36. The molecule has 0 fully saturated rings. The second-order valence-electron chi connectivity index (χ2n) is 4.09. The van der Waals surface area contributed by atoms with Crippen molar-refractivity contribution in [3.05, 3.63) is 50.6 Å². The number of pyridine rings is 1. The Bertz CT molecular complexity index is 720. The Labute approximate surface area is 135 Å². The van der Waals surface area contributed by atoms with E-state index in [1.807, 2.05) is 0 Å². The fraction of sp³-hybridized carbons (Fsp3) is 0.0769.